The van der Waals surface area contributed by atoms with Crippen molar-refractivity contribution in [2.75, 3.05) is 5.32 Å². The molecular formula is C17H18N4O2. The molecule has 3 amide bonds. The maximum atomic E-state index is 12.0. The SMILES string of the molecule is C[C@H](NC(=O)NCc1ccccn1)c1ccc2c(c1)CC(=O)N2. The molecule has 1 aromatic carbocycles. The van der Waals surface area contributed by atoms with Crippen LogP contribution in [0.5, 0.6) is 0 Å². The summed E-state index contributed by atoms with van der Waals surface area (Å²) in [7, 11) is 0. The number of hydrogen-bond donors (Lipinski definition) is 3. The predicted octanol–water partition coefficient (Wildman–Crippen LogP) is 2.14. The minimum atomic E-state index is -0.252. The van der Waals surface area contributed by atoms with Crippen molar-refractivity contribution in [1.82, 2.24) is 15.6 Å². The number of pyridine rings is 1. The van der Waals surface area contributed by atoms with E-state index in [0.717, 1.165) is 22.5 Å². The van der Waals surface area contributed by atoms with Crippen LogP contribution in [0, 0.1) is 0 Å². The van der Waals surface area contributed by atoms with E-state index in [1.54, 1.807) is 6.20 Å². The summed E-state index contributed by atoms with van der Waals surface area (Å²) in [5.41, 5.74) is 3.59. The number of anilines is 1. The van der Waals surface area contributed by atoms with Crippen LogP contribution in [0.4, 0.5) is 10.5 Å². The molecule has 0 unspecified atom stereocenters. The topological polar surface area (TPSA) is 83.1 Å². The molecule has 2 heterocycles. The van der Waals surface area contributed by atoms with Gasteiger partial charge in [0.1, 0.15) is 0 Å². The second-order valence-electron chi connectivity index (χ2n) is 5.51. The third kappa shape index (κ3) is 3.66. The van der Waals surface area contributed by atoms with E-state index in [9.17, 15) is 9.59 Å². The fourth-order valence-electron chi connectivity index (χ4n) is 2.52. The molecule has 1 aliphatic heterocycles. The number of benzene rings is 1. The normalized spacial score (nSPS) is 13.9. The van der Waals surface area contributed by atoms with Crippen LogP contribution in [0.2, 0.25) is 0 Å². The Morgan fingerprint density at radius 3 is 3.00 bits per heavy atom. The number of urea groups is 1. The number of hydrogen-bond acceptors (Lipinski definition) is 3. The van der Waals surface area contributed by atoms with Crippen molar-refractivity contribution in [2.24, 2.45) is 0 Å². The molecule has 3 N–H and O–H groups in total. The first-order valence-electron chi connectivity index (χ1n) is 7.49. The van der Waals surface area contributed by atoms with Gasteiger partial charge < -0.3 is 16.0 Å². The van der Waals surface area contributed by atoms with Gasteiger partial charge in [0.15, 0.2) is 0 Å². The third-order valence-corrected chi connectivity index (χ3v) is 3.76. The van der Waals surface area contributed by atoms with Crippen LogP contribution in [0.1, 0.15) is 29.8 Å². The summed E-state index contributed by atoms with van der Waals surface area (Å²) in [4.78, 5) is 27.5. The average Bonchev–Trinajstić information content (AvgIpc) is 2.93. The Bertz CT molecular complexity index is 731. The van der Waals surface area contributed by atoms with E-state index in [2.05, 4.69) is 20.9 Å². The number of amides is 3. The van der Waals surface area contributed by atoms with Gasteiger partial charge in [-0.15, -0.1) is 0 Å². The van der Waals surface area contributed by atoms with Crippen molar-refractivity contribution >= 4 is 17.6 Å². The van der Waals surface area contributed by atoms with Crippen molar-refractivity contribution in [3.8, 4) is 0 Å². The molecule has 118 valence electrons. The molecular weight excluding hydrogens is 292 g/mol. The van der Waals surface area contributed by atoms with Crippen LogP contribution in [0.15, 0.2) is 42.6 Å². The van der Waals surface area contributed by atoms with E-state index in [-0.39, 0.29) is 18.0 Å². The quantitative estimate of drug-likeness (QED) is 0.809. The van der Waals surface area contributed by atoms with Gasteiger partial charge in [-0.25, -0.2) is 4.79 Å². The number of aromatic nitrogens is 1. The molecule has 6 nitrogen and oxygen atoms in total. The highest BCUT2D eigenvalue weighted by molar-refractivity contribution is 5.99. The summed E-state index contributed by atoms with van der Waals surface area (Å²) in [6.45, 7) is 2.29. The Kier molecular flexibility index (Phi) is 4.23. The lowest BCUT2D eigenvalue weighted by molar-refractivity contribution is -0.115. The van der Waals surface area contributed by atoms with Gasteiger partial charge in [0.25, 0.3) is 0 Å². The minimum Gasteiger partial charge on any atom is -0.332 e. The Hall–Kier alpha value is -2.89. The molecule has 0 saturated heterocycles. The zero-order valence-electron chi connectivity index (χ0n) is 12.8. The predicted molar refractivity (Wildman–Crippen MR) is 86.8 cm³/mol. The van der Waals surface area contributed by atoms with Gasteiger partial charge in [0.05, 0.1) is 24.7 Å². The van der Waals surface area contributed by atoms with Crippen LogP contribution in [-0.2, 0) is 17.8 Å². The van der Waals surface area contributed by atoms with Crippen molar-refractivity contribution in [3.05, 3.63) is 59.4 Å². The molecule has 0 bridgehead atoms. The zero-order valence-corrected chi connectivity index (χ0v) is 12.8. The molecule has 0 radical (unpaired) electrons. The lowest BCUT2D eigenvalue weighted by Gasteiger charge is -2.16. The lowest BCUT2D eigenvalue weighted by atomic mass is 10.0. The molecule has 23 heavy (non-hydrogen) atoms. The Balaban J connectivity index is 1.56. The molecule has 0 saturated carbocycles. The number of nitrogens with zero attached hydrogens (tertiary/aromatic N) is 1. The standard InChI is InChI=1S/C17H18N4O2/c1-11(12-5-6-15-13(8-12)9-16(22)21-15)20-17(23)19-10-14-4-2-3-7-18-14/h2-8,11H,9-10H2,1H3,(H,21,22)(H2,19,20,23)/t11-/m0/s1. The van der Waals surface area contributed by atoms with Gasteiger partial charge in [-0.3, -0.25) is 9.78 Å². The van der Waals surface area contributed by atoms with Gasteiger partial charge in [0, 0.05) is 11.9 Å². The van der Waals surface area contributed by atoms with E-state index in [0.29, 0.717) is 13.0 Å². The molecule has 0 aliphatic carbocycles. The summed E-state index contributed by atoms with van der Waals surface area (Å²) in [5.74, 6) is 0.00543. The average molecular weight is 310 g/mol. The zero-order chi connectivity index (χ0) is 16.2. The largest absolute Gasteiger partial charge is 0.332 e. The fourth-order valence-corrected chi connectivity index (χ4v) is 2.52. The fraction of sp³-hybridized carbons (Fsp3) is 0.235. The van der Waals surface area contributed by atoms with Crippen LogP contribution in [0.25, 0.3) is 0 Å². The van der Waals surface area contributed by atoms with Gasteiger partial charge in [-0.05, 0) is 36.2 Å². The summed E-state index contributed by atoms with van der Waals surface area (Å²) >= 11 is 0. The van der Waals surface area contributed by atoms with Crippen molar-refractivity contribution in [1.29, 1.82) is 0 Å². The number of fused-ring (bicyclic) bond motifs is 1. The highest BCUT2D eigenvalue weighted by Gasteiger charge is 2.19. The Morgan fingerprint density at radius 2 is 2.22 bits per heavy atom. The van der Waals surface area contributed by atoms with E-state index in [4.69, 9.17) is 0 Å². The van der Waals surface area contributed by atoms with Crippen molar-refractivity contribution in [3.63, 3.8) is 0 Å². The smallest absolute Gasteiger partial charge is 0.315 e. The van der Waals surface area contributed by atoms with Gasteiger partial charge in [0.2, 0.25) is 5.91 Å². The van der Waals surface area contributed by atoms with Gasteiger partial charge >= 0.3 is 6.03 Å². The molecule has 1 aromatic heterocycles. The van der Waals surface area contributed by atoms with Crippen LogP contribution >= 0.6 is 0 Å². The first-order valence-corrected chi connectivity index (χ1v) is 7.49. The first kappa shape index (κ1) is 15.0. The number of carbonyl (C=O) groups excluding carboxylic acids is 2. The molecule has 1 atom stereocenters. The Morgan fingerprint density at radius 1 is 1.35 bits per heavy atom. The monoisotopic (exact) mass is 310 g/mol. The maximum Gasteiger partial charge on any atom is 0.315 e. The second kappa shape index (κ2) is 6.48. The lowest BCUT2D eigenvalue weighted by Crippen LogP contribution is -2.36. The summed E-state index contributed by atoms with van der Waals surface area (Å²) in [6.07, 6.45) is 2.08. The Labute approximate surface area is 134 Å². The maximum absolute atomic E-state index is 12.0. The van der Waals surface area contributed by atoms with E-state index >= 15 is 0 Å². The third-order valence-electron chi connectivity index (χ3n) is 3.76. The second-order valence-corrected chi connectivity index (χ2v) is 5.51. The summed E-state index contributed by atoms with van der Waals surface area (Å²) in [6, 6.07) is 10.9. The molecule has 3 rings (SSSR count). The van der Waals surface area contributed by atoms with Crippen molar-refractivity contribution in [2.45, 2.75) is 25.9 Å². The van der Waals surface area contributed by atoms with Crippen LogP contribution in [-0.4, -0.2) is 16.9 Å². The summed E-state index contributed by atoms with van der Waals surface area (Å²) in [5, 5.41) is 8.46. The summed E-state index contributed by atoms with van der Waals surface area (Å²) < 4.78 is 0. The molecule has 1 aliphatic rings. The van der Waals surface area contributed by atoms with E-state index in [1.165, 1.54) is 0 Å². The van der Waals surface area contributed by atoms with E-state index < -0.39 is 0 Å². The molecule has 0 spiro atoms. The van der Waals surface area contributed by atoms with Crippen molar-refractivity contribution < 1.29 is 9.59 Å². The minimum absolute atomic E-state index is 0.00543. The molecule has 0 fully saturated rings. The highest BCUT2D eigenvalue weighted by atomic mass is 16.2. The van der Waals surface area contributed by atoms with Gasteiger partial charge in [-0.1, -0.05) is 18.2 Å². The van der Waals surface area contributed by atoms with Gasteiger partial charge in [-0.2, -0.15) is 0 Å². The van der Waals surface area contributed by atoms with E-state index in [1.807, 2.05) is 43.3 Å². The highest BCUT2D eigenvalue weighted by Crippen LogP contribution is 2.26. The number of carbonyl (C=O) groups is 2. The first-order chi connectivity index (χ1) is 11.1. The van der Waals surface area contributed by atoms with Crippen LogP contribution in [0.3, 0.4) is 0 Å². The van der Waals surface area contributed by atoms with Crippen LogP contribution < -0.4 is 16.0 Å². The molecule has 2 aromatic rings. The number of rotatable bonds is 4. The number of nitrogens with one attached hydrogen (secondary N) is 3. The molecule has 6 heteroatoms.